The molecule has 7 heteroatoms. The third kappa shape index (κ3) is 5.92. The van der Waals surface area contributed by atoms with Gasteiger partial charge in [-0.3, -0.25) is 4.79 Å². The summed E-state index contributed by atoms with van der Waals surface area (Å²) in [5, 5.41) is 3.56. The molecule has 0 aliphatic carbocycles. The van der Waals surface area contributed by atoms with E-state index in [1.54, 1.807) is 19.0 Å². The summed E-state index contributed by atoms with van der Waals surface area (Å²) in [5.74, 6) is 1.12. The van der Waals surface area contributed by atoms with Gasteiger partial charge in [-0.15, -0.1) is 0 Å². The van der Waals surface area contributed by atoms with Gasteiger partial charge >= 0.3 is 0 Å². The van der Waals surface area contributed by atoms with Crippen LogP contribution in [-0.2, 0) is 16.0 Å². The minimum Gasteiger partial charge on any atom is -0.381 e. The van der Waals surface area contributed by atoms with Crippen LogP contribution in [0.25, 0.3) is 0 Å². The molecule has 2 saturated heterocycles. The van der Waals surface area contributed by atoms with Gasteiger partial charge in [0.05, 0.1) is 0 Å². The Morgan fingerprint density at radius 3 is 2.64 bits per heavy atom. The maximum absolute atomic E-state index is 13.1. The topological polar surface area (TPSA) is 57.2 Å². The summed E-state index contributed by atoms with van der Waals surface area (Å²) in [6.45, 7) is 3.47. The first-order valence-corrected chi connectivity index (χ1v) is 10.1. The summed E-state index contributed by atoms with van der Waals surface area (Å²) < 4.78 is 18.6. The fraction of sp³-hybridized carbons (Fsp3) is 0.619. The Labute approximate surface area is 166 Å². The smallest absolute Gasteiger partial charge is 0.243 e. The average Bonchev–Trinajstić information content (AvgIpc) is 3.15. The molecule has 2 fully saturated rings. The first-order valence-electron chi connectivity index (χ1n) is 10.1. The van der Waals surface area contributed by atoms with Crippen molar-refractivity contribution in [1.82, 2.24) is 15.1 Å². The van der Waals surface area contributed by atoms with Crippen LogP contribution in [-0.4, -0.2) is 74.7 Å². The summed E-state index contributed by atoms with van der Waals surface area (Å²) in [6.07, 6.45) is 3.90. The molecule has 2 aliphatic rings. The summed E-state index contributed by atoms with van der Waals surface area (Å²) in [7, 11) is 3.50. The molecule has 1 N–H and O–H groups in total. The van der Waals surface area contributed by atoms with Gasteiger partial charge in [0.1, 0.15) is 12.4 Å². The number of amides is 1. The molecular formula is C21H31FN4O2. The molecule has 1 atom stereocenters. The first kappa shape index (κ1) is 20.6. The normalized spacial score (nSPS) is 21.0. The van der Waals surface area contributed by atoms with Crippen molar-refractivity contribution in [1.29, 1.82) is 0 Å². The molecule has 0 saturated carbocycles. The van der Waals surface area contributed by atoms with Gasteiger partial charge in [0.15, 0.2) is 5.96 Å². The zero-order valence-electron chi connectivity index (χ0n) is 16.9. The van der Waals surface area contributed by atoms with Crippen LogP contribution in [0.2, 0.25) is 0 Å². The molecule has 0 spiro atoms. The van der Waals surface area contributed by atoms with E-state index in [4.69, 9.17) is 4.74 Å². The van der Waals surface area contributed by atoms with E-state index in [9.17, 15) is 9.18 Å². The molecule has 0 radical (unpaired) electrons. The van der Waals surface area contributed by atoms with Crippen LogP contribution < -0.4 is 5.32 Å². The lowest BCUT2D eigenvalue weighted by molar-refractivity contribution is -0.127. The Balaban J connectivity index is 1.62. The first-order chi connectivity index (χ1) is 13.5. The second kappa shape index (κ2) is 9.87. The molecule has 1 amide bonds. The predicted molar refractivity (Wildman–Crippen MR) is 108 cm³/mol. The number of nitrogens with one attached hydrogen (secondary N) is 1. The SMILES string of the molecule is CN(C)C(=O)CN=C(NC1CCOCC1)N1CCC(Cc2ccc(F)cc2)C1. The summed E-state index contributed by atoms with van der Waals surface area (Å²) >= 11 is 0. The molecule has 2 aliphatic heterocycles. The van der Waals surface area contributed by atoms with Crippen molar-refractivity contribution >= 4 is 11.9 Å². The third-order valence-corrected chi connectivity index (χ3v) is 5.44. The van der Waals surface area contributed by atoms with Crippen molar-refractivity contribution in [3.8, 4) is 0 Å². The molecule has 3 rings (SSSR count). The van der Waals surface area contributed by atoms with Crippen LogP contribution in [0.1, 0.15) is 24.8 Å². The van der Waals surface area contributed by atoms with E-state index in [1.807, 2.05) is 12.1 Å². The zero-order valence-corrected chi connectivity index (χ0v) is 16.9. The lowest BCUT2D eigenvalue weighted by atomic mass is 9.99. The van der Waals surface area contributed by atoms with Gasteiger partial charge in [-0.25, -0.2) is 9.38 Å². The van der Waals surface area contributed by atoms with Gasteiger partial charge in [0.25, 0.3) is 0 Å². The molecule has 1 aromatic rings. The fourth-order valence-corrected chi connectivity index (χ4v) is 3.69. The number of benzene rings is 1. The third-order valence-electron chi connectivity index (χ3n) is 5.44. The van der Waals surface area contributed by atoms with Crippen molar-refractivity contribution in [2.75, 3.05) is 46.9 Å². The number of likely N-dealkylation sites (tertiary alicyclic amines) is 1. The van der Waals surface area contributed by atoms with Crippen LogP contribution in [0.15, 0.2) is 29.3 Å². The standard InChI is InChI=1S/C21H31FN4O2/c1-25(2)20(27)14-23-21(24-19-8-11-28-12-9-19)26-10-7-17(15-26)13-16-3-5-18(22)6-4-16/h3-6,17,19H,7-15H2,1-2H3,(H,23,24). The van der Waals surface area contributed by atoms with Gasteiger partial charge in [-0.1, -0.05) is 12.1 Å². The number of ether oxygens (including phenoxy) is 1. The van der Waals surface area contributed by atoms with Crippen molar-refractivity contribution in [2.45, 2.75) is 31.7 Å². The lowest BCUT2D eigenvalue weighted by Gasteiger charge is -2.29. The van der Waals surface area contributed by atoms with E-state index in [2.05, 4.69) is 15.2 Å². The lowest BCUT2D eigenvalue weighted by Crippen LogP contribution is -2.47. The zero-order chi connectivity index (χ0) is 19.9. The number of carbonyl (C=O) groups excluding carboxylic acids is 1. The number of rotatable bonds is 5. The second-order valence-electron chi connectivity index (χ2n) is 7.89. The Morgan fingerprint density at radius 2 is 1.96 bits per heavy atom. The van der Waals surface area contributed by atoms with Gasteiger partial charge in [0.2, 0.25) is 5.91 Å². The minimum atomic E-state index is -0.197. The van der Waals surface area contributed by atoms with Crippen molar-refractivity contribution < 1.29 is 13.9 Å². The Morgan fingerprint density at radius 1 is 1.25 bits per heavy atom. The van der Waals surface area contributed by atoms with Crippen LogP contribution >= 0.6 is 0 Å². The predicted octanol–water partition coefficient (Wildman–Crippen LogP) is 1.90. The second-order valence-corrected chi connectivity index (χ2v) is 7.89. The molecule has 1 aromatic carbocycles. The number of carbonyl (C=O) groups is 1. The molecular weight excluding hydrogens is 359 g/mol. The fourth-order valence-electron chi connectivity index (χ4n) is 3.69. The largest absolute Gasteiger partial charge is 0.381 e. The van der Waals surface area contributed by atoms with Crippen LogP contribution in [0, 0.1) is 11.7 Å². The van der Waals surface area contributed by atoms with E-state index in [1.165, 1.54) is 12.1 Å². The highest BCUT2D eigenvalue weighted by Gasteiger charge is 2.27. The van der Waals surface area contributed by atoms with Gasteiger partial charge < -0.3 is 19.9 Å². The van der Waals surface area contributed by atoms with Crippen LogP contribution in [0.4, 0.5) is 4.39 Å². The van der Waals surface area contributed by atoms with Crippen molar-refractivity contribution in [3.05, 3.63) is 35.6 Å². The number of halogens is 1. The maximum atomic E-state index is 13.1. The molecule has 0 aromatic heterocycles. The summed E-state index contributed by atoms with van der Waals surface area (Å²) in [5.41, 5.74) is 1.16. The minimum absolute atomic E-state index is 0.00617. The van der Waals surface area contributed by atoms with E-state index in [0.29, 0.717) is 12.0 Å². The Hall–Kier alpha value is -2.15. The van der Waals surface area contributed by atoms with Crippen LogP contribution in [0.3, 0.4) is 0 Å². The van der Waals surface area contributed by atoms with Gasteiger partial charge in [-0.05, 0) is 49.3 Å². The molecule has 28 heavy (non-hydrogen) atoms. The maximum Gasteiger partial charge on any atom is 0.243 e. The van der Waals surface area contributed by atoms with Gasteiger partial charge in [0, 0.05) is 46.4 Å². The average molecular weight is 391 g/mol. The van der Waals surface area contributed by atoms with E-state index in [-0.39, 0.29) is 18.3 Å². The number of nitrogens with zero attached hydrogens (tertiary/aromatic N) is 3. The number of likely N-dealkylation sites (N-methyl/N-ethyl adjacent to an activating group) is 1. The number of hydrogen-bond acceptors (Lipinski definition) is 3. The summed E-state index contributed by atoms with van der Waals surface area (Å²) in [6, 6.07) is 7.10. The molecule has 1 unspecified atom stereocenters. The number of guanidine groups is 1. The summed E-state index contributed by atoms with van der Waals surface area (Å²) in [4.78, 5) is 20.5. The van der Waals surface area contributed by atoms with Gasteiger partial charge in [-0.2, -0.15) is 0 Å². The van der Waals surface area contributed by atoms with E-state index >= 15 is 0 Å². The molecule has 6 nitrogen and oxygen atoms in total. The molecule has 2 heterocycles. The quantitative estimate of drug-likeness (QED) is 0.616. The van der Waals surface area contributed by atoms with E-state index in [0.717, 1.165) is 63.5 Å². The van der Waals surface area contributed by atoms with Crippen molar-refractivity contribution in [3.63, 3.8) is 0 Å². The number of aliphatic imine (C=N–C) groups is 1. The van der Waals surface area contributed by atoms with Crippen molar-refractivity contribution in [2.24, 2.45) is 10.9 Å². The monoisotopic (exact) mass is 390 g/mol. The van der Waals surface area contributed by atoms with Crippen LogP contribution in [0.5, 0.6) is 0 Å². The molecule has 154 valence electrons. The highest BCUT2D eigenvalue weighted by molar-refractivity contribution is 5.85. The Bertz CT molecular complexity index is 671. The molecule has 0 bridgehead atoms. The number of hydrogen-bond donors (Lipinski definition) is 1. The highest BCUT2D eigenvalue weighted by Crippen LogP contribution is 2.21. The highest BCUT2D eigenvalue weighted by atomic mass is 19.1. The Kier molecular flexibility index (Phi) is 7.25. The van der Waals surface area contributed by atoms with E-state index < -0.39 is 0 Å².